The van der Waals surface area contributed by atoms with Crippen LogP contribution in [0.3, 0.4) is 0 Å². The van der Waals surface area contributed by atoms with Crippen molar-refractivity contribution in [2.24, 2.45) is 0 Å². The monoisotopic (exact) mass is 331 g/mol. The molecule has 0 radical (unpaired) electrons. The number of hydrogen-bond acceptors (Lipinski definition) is 2. The summed E-state index contributed by atoms with van der Waals surface area (Å²) in [5, 5.41) is 12.3. The Morgan fingerprint density at radius 1 is 1.26 bits per heavy atom. The normalized spacial score (nSPS) is 21.4. The van der Waals surface area contributed by atoms with Crippen LogP contribution in [0.4, 0.5) is 0 Å². The lowest BCUT2D eigenvalue weighted by molar-refractivity contribution is 0.00669. The van der Waals surface area contributed by atoms with Crippen LogP contribution in [0.5, 0.6) is 0 Å². The molecule has 2 heterocycles. The smallest absolute Gasteiger partial charge is 0.124 e. The van der Waals surface area contributed by atoms with Gasteiger partial charge in [-0.05, 0) is 56.2 Å². The van der Waals surface area contributed by atoms with Crippen molar-refractivity contribution in [1.29, 1.82) is 0 Å². The van der Waals surface area contributed by atoms with E-state index in [2.05, 4.69) is 16.8 Å². The van der Waals surface area contributed by atoms with Crippen molar-refractivity contribution in [2.45, 2.75) is 51.2 Å². The molecular formula is C19H22ClNO2. The molecule has 1 aromatic heterocycles. The van der Waals surface area contributed by atoms with Gasteiger partial charge in [0.05, 0.1) is 16.6 Å². The number of halogens is 1. The lowest BCUT2D eigenvalue weighted by Crippen LogP contribution is -2.24. The number of aromatic nitrogens is 1. The van der Waals surface area contributed by atoms with E-state index in [1.165, 1.54) is 12.8 Å². The van der Waals surface area contributed by atoms with Crippen molar-refractivity contribution < 1.29 is 9.84 Å². The molecule has 4 rings (SSSR count). The topological polar surface area (TPSA) is 34.4 Å². The molecule has 4 heteroatoms. The molecule has 122 valence electrons. The molecule has 1 aliphatic carbocycles. The number of aliphatic hydroxyl groups excluding tert-OH is 1. The standard InChI is InChI=1S/C19H22ClNO2/c20-16-8-4-9-17-18(16)15(19(22)13-5-3-6-13)12-21(17)11-14-7-1-2-10-23-14/h4,8-9,12,14,22H,1-3,5-7,10-11H2. The van der Waals surface area contributed by atoms with Gasteiger partial charge in [0.25, 0.3) is 0 Å². The summed E-state index contributed by atoms with van der Waals surface area (Å²) in [6, 6.07) is 5.94. The first-order valence-corrected chi connectivity index (χ1v) is 8.92. The third-order valence-corrected chi connectivity index (χ3v) is 5.39. The van der Waals surface area contributed by atoms with Gasteiger partial charge >= 0.3 is 0 Å². The molecule has 2 aliphatic rings. The summed E-state index contributed by atoms with van der Waals surface area (Å²) in [4.78, 5) is 0. The van der Waals surface area contributed by atoms with E-state index >= 15 is 0 Å². The number of rotatable bonds is 3. The van der Waals surface area contributed by atoms with Crippen molar-refractivity contribution in [3.63, 3.8) is 0 Å². The largest absolute Gasteiger partial charge is 0.507 e. The molecule has 3 nitrogen and oxygen atoms in total. The Balaban J connectivity index is 1.77. The van der Waals surface area contributed by atoms with Crippen molar-refractivity contribution in [2.75, 3.05) is 6.61 Å². The second-order valence-corrected chi connectivity index (χ2v) is 7.03. The Kier molecular flexibility index (Phi) is 4.08. The zero-order valence-corrected chi connectivity index (χ0v) is 14.0. The van der Waals surface area contributed by atoms with Gasteiger partial charge in [-0.3, -0.25) is 0 Å². The second-order valence-electron chi connectivity index (χ2n) is 6.62. The minimum atomic E-state index is 0.254. The molecule has 0 amide bonds. The first-order valence-electron chi connectivity index (χ1n) is 8.54. The maximum atomic E-state index is 10.7. The number of nitrogens with zero attached hydrogens (tertiary/aromatic N) is 1. The number of ether oxygens (including phenoxy) is 1. The predicted octanol–water partition coefficient (Wildman–Crippen LogP) is 5.32. The number of aliphatic hydroxyl groups is 1. The molecule has 23 heavy (non-hydrogen) atoms. The predicted molar refractivity (Wildman–Crippen MR) is 93.9 cm³/mol. The Morgan fingerprint density at radius 2 is 2.13 bits per heavy atom. The first-order chi connectivity index (χ1) is 11.2. The fourth-order valence-electron chi connectivity index (χ4n) is 3.59. The molecule has 1 atom stereocenters. The van der Waals surface area contributed by atoms with E-state index in [9.17, 15) is 5.11 Å². The summed E-state index contributed by atoms with van der Waals surface area (Å²) in [6.07, 6.45) is 8.95. The van der Waals surface area contributed by atoms with E-state index in [4.69, 9.17) is 16.3 Å². The summed E-state index contributed by atoms with van der Waals surface area (Å²) < 4.78 is 8.08. The summed E-state index contributed by atoms with van der Waals surface area (Å²) in [5.41, 5.74) is 3.10. The van der Waals surface area contributed by atoms with Crippen LogP contribution in [0.15, 0.2) is 30.0 Å². The van der Waals surface area contributed by atoms with E-state index in [0.29, 0.717) is 10.8 Å². The summed E-state index contributed by atoms with van der Waals surface area (Å²) in [6.45, 7) is 1.67. The third-order valence-electron chi connectivity index (χ3n) is 5.08. The van der Waals surface area contributed by atoms with Crippen LogP contribution in [-0.4, -0.2) is 22.4 Å². The van der Waals surface area contributed by atoms with Crippen LogP contribution in [0.25, 0.3) is 16.7 Å². The van der Waals surface area contributed by atoms with Crippen molar-refractivity contribution >= 4 is 28.3 Å². The van der Waals surface area contributed by atoms with Gasteiger partial charge in [-0.25, -0.2) is 0 Å². The minimum Gasteiger partial charge on any atom is -0.507 e. The fourth-order valence-corrected chi connectivity index (χ4v) is 3.86. The highest BCUT2D eigenvalue weighted by Crippen LogP contribution is 2.38. The van der Waals surface area contributed by atoms with Gasteiger partial charge in [-0.2, -0.15) is 0 Å². The molecule has 1 saturated heterocycles. The van der Waals surface area contributed by atoms with Gasteiger partial charge < -0.3 is 14.4 Å². The summed E-state index contributed by atoms with van der Waals surface area (Å²) in [5.74, 6) is 0.428. The molecule has 1 N–H and O–H groups in total. The van der Waals surface area contributed by atoms with Crippen molar-refractivity contribution in [3.8, 4) is 0 Å². The van der Waals surface area contributed by atoms with Gasteiger partial charge in [0.2, 0.25) is 0 Å². The van der Waals surface area contributed by atoms with Crippen LogP contribution < -0.4 is 0 Å². The fraction of sp³-hybridized carbons (Fsp3) is 0.474. The molecule has 1 aromatic carbocycles. The van der Waals surface area contributed by atoms with Gasteiger partial charge in [-0.1, -0.05) is 17.7 Å². The highest BCUT2D eigenvalue weighted by Gasteiger charge is 2.22. The highest BCUT2D eigenvalue weighted by atomic mass is 35.5. The number of allylic oxidation sites excluding steroid dienone is 1. The number of benzene rings is 1. The maximum Gasteiger partial charge on any atom is 0.124 e. The molecule has 0 spiro atoms. The molecule has 1 saturated carbocycles. The SMILES string of the molecule is OC(=C1CCC1)c1cn(CC2CCCCO2)c2cccc(Cl)c12. The van der Waals surface area contributed by atoms with E-state index in [1.54, 1.807) is 0 Å². The van der Waals surface area contributed by atoms with Gasteiger partial charge in [-0.15, -0.1) is 0 Å². The lowest BCUT2D eigenvalue weighted by atomic mass is 9.89. The first kappa shape index (κ1) is 15.1. The number of hydrogen-bond donors (Lipinski definition) is 1. The van der Waals surface area contributed by atoms with Crippen LogP contribution in [0, 0.1) is 0 Å². The lowest BCUT2D eigenvalue weighted by Gasteiger charge is -2.23. The molecule has 1 aliphatic heterocycles. The van der Waals surface area contributed by atoms with Crippen molar-refractivity contribution in [1.82, 2.24) is 4.57 Å². The average Bonchev–Trinajstić information content (AvgIpc) is 2.87. The van der Waals surface area contributed by atoms with E-state index in [1.807, 2.05) is 12.1 Å². The summed E-state index contributed by atoms with van der Waals surface area (Å²) >= 11 is 6.45. The van der Waals surface area contributed by atoms with Gasteiger partial charge in [0.1, 0.15) is 5.76 Å². The number of fused-ring (bicyclic) bond motifs is 1. The average molecular weight is 332 g/mol. The van der Waals surface area contributed by atoms with Crippen molar-refractivity contribution in [3.05, 3.63) is 40.6 Å². The highest BCUT2D eigenvalue weighted by molar-refractivity contribution is 6.36. The molecule has 1 unspecified atom stereocenters. The molecule has 0 bridgehead atoms. The van der Waals surface area contributed by atoms with E-state index in [0.717, 1.165) is 60.9 Å². The van der Waals surface area contributed by atoms with Crippen LogP contribution in [-0.2, 0) is 11.3 Å². The Morgan fingerprint density at radius 3 is 2.83 bits per heavy atom. The maximum absolute atomic E-state index is 10.7. The Labute approximate surface area is 141 Å². The van der Waals surface area contributed by atoms with E-state index < -0.39 is 0 Å². The van der Waals surface area contributed by atoms with Crippen LogP contribution in [0.2, 0.25) is 5.02 Å². The van der Waals surface area contributed by atoms with Gasteiger partial charge in [0.15, 0.2) is 0 Å². The van der Waals surface area contributed by atoms with Crippen LogP contribution in [0.1, 0.15) is 44.1 Å². The zero-order valence-electron chi connectivity index (χ0n) is 13.2. The quantitative estimate of drug-likeness (QED) is 0.773. The molecule has 2 fully saturated rings. The van der Waals surface area contributed by atoms with Crippen LogP contribution >= 0.6 is 11.6 Å². The van der Waals surface area contributed by atoms with E-state index in [-0.39, 0.29) is 6.10 Å². The van der Waals surface area contributed by atoms with Gasteiger partial charge in [0, 0.05) is 30.3 Å². The summed E-state index contributed by atoms with van der Waals surface area (Å²) in [7, 11) is 0. The second kappa shape index (κ2) is 6.21. The minimum absolute atomic E-state index is 0.254. The molecule has 2 aromatic rings. The third kappa shape index (κ3) is 2.77. The zero-order chi connectivity index (χ0) is 15.8. The molecular weight excluding hydrogens is 310 g/mol. The Bertz CT molecular complexity index is 750. The Hall–Kier alpha value is -1.45.